The number of hydrogen-bond donors (Lipinski definition) is 2. The van der Waals surface area contributed by atoms with Crippen molar-refractivity contribution < 1.29 is 17.9 Å². The van der Waals surface area contributed by atoms with Gasteiger partial charge in [0.25, 0.3) is 0 Å². The molecule has 28 heavy (non-hydrogen) atoms. The molecule has 1 aliphatic heterocycles. The van der Waals surface area contributed by atoms with Crippen LogP contribution in [-0.4, -0.2) is 51.5 Å². The van der Waals surface area contributed by atoms with Gasteiger partial charge in [0, 0.05) is 24.5 Å². The van der Waals surface area contributed by atoms with E-state index in [1.165, 1.54) is 16.4 Å². The first-order valence-corrected chi connectivity index (χ1v) is 10.7. The number of rotatable bonds is 6. The second kappa shape index (κ2) is 8.91. The summed E-state index contributed by atoms with van der Waals surface area (Å²) in [6, 6.07) is 12.1. The van der Waals surface area contributed by atoms with Crippen LogP contribution in [0.3, 0.4) is 0 Å². The Hall–Kier alpha value is -2.13. The van der Waals surface area contributed by atoms with Gasteiger partial charge in [-0.3, -0.25) is 4.79 Å². The van der Waals surface area contributed by atoms with E-state index in [2.05, 4.69) is 10.6 Å². The number of hydrogen-bond acceptors (Lipinski definition) is 5. The van der Waals surface area contributed by atoms with Gasteiger partial charge < -0.3 is 15.4 Å². The molecule has 0 unspecified atom stereocenters. The number of morpholine rings is 1. The van der Waals surface area contributed by atoms with E-state index >= 15 is 0 Å². The van der Waals surface area contributed by atoms with E-state index in [-0.39, 0.29) is 35.5 Å². The number of halogens is 1. The molecule has 0 aliphatic carbocycles. The predicted molar refractivity (Wildman–Crippen MR) is 109 cm³/mol. The van der Waals surface area contributed by atoms with E-state index < -0.39 is 10.0 Å². The number of para-hydroxylation sites is 1. The molecule has 0 saturated carbocycles. The van der Waals surface area contributed by atoms with Crippen LogP contribution in [-0.2, 0) is 19.6 Å². The quantitative estimate of drug-likeness (QED) is 0.745. The number of nitrogens with one attached hydrogen (secondary N) is 2. The molecule has 7 nitrogen and oxygen atoms in total. The first-order chi connectivity index (χ1) is 13.4. The first-order valence-electron chi connectivity index (χ1n) is 8.85. The van der Waals surface area contributed by atoms with Gasteiger partial charge in [-0.25, -0.2) is 8.42 Å². The molecule has 1 aliphatic rings. The second-order valence-corrected chi connectivity index (χ2v) is 8.69. The molecule has 0 radical (unpaired) electrons. The number of aryl methyl sites for hydroxylation is 1. The van der Waals surface area contributed by atoms with Crippen molar-refractivity contribution in [3.63, 3.8) is 0 Å². The average Bonchev–Trinajstić information content (AvgIpc) is 2.69. The van der Waals surface area contributed by atoms with Gasteiger partial charge in [0.2, 0.25) is 15.9 Å². The number of carbonyl (C=O) groups excluding carboxylic acids is 1. The third-order valence-corrected chi connectivity index (χ3v) is 6.77. The maximum absolute atomic E-state index is 12.9. The van der Waals surface area contributed by atoms with Gasteiger partial charge in [0.1, 0.15) is 4.90 Å². The molecule has 1 fully saturated rings. The van der Waals surface area contributed by atoms with Crippen LogP contribution in [0, 0.1) is 6.92 Å². The van der Waals surface area contributed by atoms with E-state index in [1.807, 2.05) is 31.2 Å². The lowest BCUT2D eigenvalue weighted by atomic mass is 10.2. The summed E-state index contributed by atoms with van der Waals surface area (Å²) in [5, 5.41) is 5.88. The van der Waals surface area contributed by atoms with Crippen LogP contribution in [0.15, 0.2) is 47.4 Å². The Bertz CT molecular complexity index is 959. The van der Waals surface area contributed by atoms with Crippen molar-refractivity contribution in [3.05, 3.63) is 53.1 Å². The molecule has 0 spiro atoms. The number of ether oxygens (including phenoxy) is 1. The van der Waals surface area contributed by atoms with Crippen LogP contribution in [0.4, 0.5) is 11.4 Å². The van der Waals surface area contributed by atoms with Gasteiger partial charge in [-0.1, -0.05) is 29.8 Å². The zero-order valence-electron chi connectivity index (χ0n) is 15.4. The van der Waals surface area contributed by atoms with E-state index in [4.69, 9.17) is 16.3 Å². The molecule has 3 rings (SSSR count). The van der Waals surface area contributed by atoms with E-state index in [9.17, 15) is 13.2 Å². The number of carbonyl (C=O) groups is 1. The summed E-state index contributed by atoms with van der Waals surface area (Å²) in [6.45, 7) is 3.24. The number of anilines is 2. The lowest BCUT2D eigenvalue weighted by Gasteiger charge is -2.26. The van der Waals surface area contributed by atoms with E-state index in [0.717, 1.165) is 11.3 Å². The molecule has 0 bridgehead atoms. The Kier molecular flexibility index (Phi) is 6.56. The summed E-state index contributed by atoms with van der Waals surface area (Å²) < 4.78 is 32.3. The Morgan fingerprint density at radius 3 is 2.61 bits per heavy atom. The Morgan fingerprint density at radius 2 is 1.89 bits per heavy atom. The van der Waals surface area contributed by atoms with Crippen LogP contribution < -0.4 is 10.6 Å². The van der Waals surface area contributed by atoms with Crippen molar-refractivity contribution in [2.24, 2.45) is 0 Å². The fraction of sp³-hybridized carbons (Fsp3) is 0.316. The molecule has 2 N–H and O–H groups in total. The van der Waals surface area contributed by atoms with Crippen LogP contribution in [0.25, 0.3) is 0 Å². The SMILES string of the molecule is Cc1ccccc1NCC(=O)Nc1ccc(Cl)c(S(=O)(=O)N2CCOCC2)c1. The summed E-state index contributed by atoms with van der Waals surface area (Å²) in [5.41, 5.74) is 2.26. The summed E-state index contributed by atoms with van der Waals surface area (Å²) in [7, 11) is -3.76. The molecule has 2 aromatic carbocycles. The summed E-state index contributed by atoms with van der Waals surface area (Å²) in [6.07, 6.45) is 0. The fourth-order valence-electron chi connectivity index (χ4n) is 2.86. The van der Waals surface area contributed by atoms with Crippen molar-refractivity contribution in [3.8, 4) is 0 Å². The van der Waals surface area contributed by atoms with Crippen molar-refractivity contribution in [1.82, 2.24) is 4.31 Å². The predicted octanol–water partition coefficient (Wildman–Crippen LogP) is 2.72. The third-order valence-electron chi connectivity index (χ3n) is 4.39. The van der Waals surface area contributed by atoms with Crippen LogP contribution in [0.1, 0.15) is 5.56 Å². The highest BCUT2D eigenvalue weighted by molar-refractivity contribution is 7.89. The minimum atomic E-state index is -3.76. The Morgan fingerprint density at radius 1 is 1.18 bits per heavy atom. The fourth-order valence-corrected chi connectivity index (χ4v) is 4.77. The zero-order chi connectivity index (χ0) is 20.1. The van der Waals surface area contributed by atoms with Gasteiger partial charge in [0.15, 0.2) is 0 Å². The van der Waals surface area contributed by atoms with E-state index in [1.54, 1.807) is 6.07 Å². The number of benzene rings is 2. The zero-order valence-corrected chi connectivity index (χ0v) is 17.0. The lowest BCUT2D eigenvalue weighted by Crippen LogP contribution is -2.40. The van der Waals surface area contributed by atoms with Crippen LogP contribution >= 0.6 is 11.6 Å². The van der Waals surface area contributed by atoms with Gasteiger partial charge >= 0.3 is 0 Å². The summed E-state index contributed by atoms with van der Waals surface area (Å²) >= 11 is 6.13. The monoisotopic (exact) mass is 423 g/mol. The van der Waals surface area contributed by atoms with Gasteiger partial charge in [-0.05, 0) is 36.8 Å². The molecule has 0 aromatic heterocycles. The Balaban J connectivity index is 1.70. The van der Waals surface area contributed by atoms with Crippen molar-refractivity contribution >= 4 is 38.9 Å². The standard InChI is InChI=1S/C19H22ClN3O4S/c1-14-4-2-3-5-17(14)21-13-19(24)22-15-6-7-16(20)18(12-15)28(25,26)23-8-10-27-11-9-23/h2-7,12,21H,8-11,13H2,1H3,(H,22,24). The van der Waals surface area contributed by atoms with Crippen molar-refractivity contribution in [2.75, 3.05) is 43.5 Å². The largest absolute Gasteiger partial charge is 0.379 e. The maximum atomic E-state index is 12.9. The van der Waals surface area contributed by atoms with Gasteiger partial charge in [-0.2, -0.15) is 4.31 Å². The van der Waals surface area contributed by atoms with E-state index in [0.29, 0.717) is 18.9 Å². The van der Waals surface area contributed by atoms with Crippen molar-refractivity contribution in [1.29, 1.82) is 0 Å². The molecular formula is C19H22ClN3O4S. The lowest BCUT2D eigenvalue weighted by molar-refractivity contribution is -0.114. The number of amides is 1. The van der Waals surface area contributed by atoms with Gasteiger partial charge in [0.05, 0.1) is 24.8 Å². The maximum Gasteiger partial charge on any atom is 0.244 e. The summed E-state index contributed by atoms with van der Waals surface area (Å²) in [4.78, 5) is 12.2. The highest BCUT2D eigenvalue weighted by Gasteiger charge is 2.28. The molecule has 150 valence electrons. The minimum Gasteiger partial charge on any atom is -0.379 e. The molecule has 2 aromatic rings. The minimum absolute atomic E-state index is 0.0271. The highest BCUT2D eigenvalue weighted by Crippen LogP contribution is 2.28. The molecular weight excluding hydrogens is 402 g/mol. The molecule has 1 amide bonds. The smallest absolute Gasteiger partial charge is 0.244 e. The first kappa shape index (κ1) is 20.6. The number of nitrogens with zero attached hydrogens (tertiary/aromatic N) is 1. The Labute approximate surface area is 169 Å². The van der Waals surface area contributed by atoms with Crippen LogP contribution in [0.2, 0.25) is 5.02 Å². The average molecular weight is 424 g/mol. The molecule has 9 heteroatoms. The molecule has 0 atom stereocenters. The topological polar surface area (TPSA) is 87.7 Å². The highest BCUT2D eigenvalue weighted by atomic mass is 35.5. The van der Waals surface area contributed by atoms with Gasteiger partial charge in [-0.15, -0.1) is 0 Å². The molecule has 1 heterocycles. The summed E-state index contributed by atoms with van der Waals surface area (Å²) in [5.74, 6) is -0.291. The number of sulfonamides is 1. The third kappa shape index (κ3) is 4.82. The molecule has 1 saturated heterocycles. The van der Waals surface area contributed by atoms with Crippen LogP contribution in [0.5, 0.6) is 0 Å². The normalized spacial score (nSPS) is 15.2. The second-order valence-electron chi connectivity index (χ2n) is 6.38. The van der Waals surface area contributed by atoms with Crippen molar-refractivity contribution in [2.45, 2.75) is 11.8 Å².